The lowest BCUT2D eigenvalue weighted by atomic mass is 10.1. The van der Waals surface area contributed by atoms with Gasteiger partial charge in [0.2, 0.25) is 0 Å². The molecule has 0 bridgehead atoms. The summed E-state index contributed by atoms with van der Waals surface area (Å²) in [5.41, 5.74) is 0. The second-order valence-electron chi connectivity index (χ2n) is 9.74. The minimum Gasteiger partial charge on any atom is -0.466 e. The predicted octanol–water partition coefficient (Wildman–Crippen LogP) is 11.0. The third-order valence-electron chi connectivity index (χ3n) is 6.22. The van der Waals surface area contributed by atoms with Crippen molar-refractivity contribution in [2.24, 2.45) is 0 Å². The van der Waals surface area contributed by atoms with Crippen molar-refractivity contribution in [1.29, 1.82) is 0 Å². The lowest BCUT2D eigenvalue weighted by Gasteiger charge is -2.05. The van der Waals surface area contributed by atoms with Crippen molar-refractivity contribution in [3.8, 4) is 0 Å². The van der Waals surface area contributed by atoms with Crippen LogP contribution >= 0.6 is 0 Å². The number of esters is 1. The van der Waals surface area contributed by atoms with Crippen LogP contribution in [0, 0.1) is 0 Å². The smallest absolute Gasteiger partial charge is 0.305 e. The summed E-state index contributed by atoms with van der Waals surface area (Å²) in [4.78, 5) is 11.8. The van der Waals surface area contributed by atoms with Gasteiger partial charge in [-0.05, 0) is 51.4 Å². The van der Waals surface area contributed by atoms with Crippen molar-refractivity contribution in [2.75, 3.05) is 6.61 Å². The van der Waals surface area contributed by atoms with Crippen molar-refractivity contribution in [1.82, 2.24) is 0 Å². The quantitative estimate of drug-likeness (QED) is 0.0690. The second-order valence-corrected chi connectivity index (χ2v) is 9.74. The van der Waals surface area contributed by atoms with Gasteiger partial charge in [0.05, 0.1) is 6.61 Å². The van der Waals surface area contributed by atoms with Crippen LogP contribution in [0.2, 0.25) is 0 Å². The fourth-order valence-corrected chi connectivity index (χ4v) is 3.95. The molecule has 202 valence electrons. The van der Waals surface area contributed by atoms with E-state index in [1.165, 1.54) is 89.9 Å². The first-order chi connectivity index (χ1) is 17.3. The van der Waals surface area contributed by atoms with Crippen molar-refractivity contribution in [3.63, 3.8) is 0 Å². The Morgan fingerprint density at radius 2 is 0.886 bits per heavy atom. The summed E-state index contributed by atoms with van der Waals surface area (Å²) in [5, 5.41) is 0. The molecule has 0 aliphatic heterocycles. The van der Waals surface area contributed by atoms with Crippen LogP contribution in [-0.4, -0.2) is 12.6 Å². The van der Waals surface area contributed by atoms with Crippen LogP contribution in [0.3, 0.4) is 0 Å². The van der Waals surface area contributed by atoms with E-state index < -0.39 is 0 Å². The van der Waals surface area contributed by atoms with E-state index >= 15 is 0 Å². The summed E-state index contributed by atoms with van der Waals surface area (Å²) in [6.07, 6.45) is 42.9. The minimum atomic E-state index is -0.0343. The lowest BCUT2D eigenvalue weighted by molar-refractivity contribution is -0.143. The molecule has 0 spiro atoms. The molecule has 0 aromatic rings. The van der Waals surface area contributed by atoms with Gasteiger partial charge in [-0.1, -0.05) is 140 Å². The second kappa shape index (κ2) is 30.5. The van der Waals surface area contributed by atoms with Gasteiger partial charge in [-0.25, -0.2) is 0 Å². The molecule has 2 nitrogen and oxygen atoms in total. The summed E-state index contributed by atoms with van der Waals surface area (Å²) in [6.45, 7) is 5.11. The Balaban J connectivity index is 3.38. The van der Waals surface area contributed by atoms with Crippen molar-refractivity contribution >= 4 is 5.97 Å². The van der Waals surface area contributed by atoms with Gasteiger partial charge < -0.3 is 4.74 Å². The largest absolute Gasteiger partial charge is 0.466 e. The third kappa shape index (κ3) is 30.4. The molecule has 0 amide bonds. The molecule has 0 rings (SSSR count). The maximum atomic E-state index is 11.8. The normalized spacial score (nSPS) is 12.2. The summed E-state index contributed by atoms with van der Waals surface area (Å²) in [5.74, 6) is -0.0343. The molecule has 0 aromatic carbocycles. The molecule has 0 aliphatic rings. The Hall–Kier alpha value is -1.57. The van der Waals surface area contributed by atoms with Gasteiger partial charge in [0, 0.05) is 6.42 Å². The van der Waals surface area contributed by atoms with E-state index in [1.54, 1.807) is 0 Å². The highest BCUT2D eigenvalue weighted by Gasteiger charge is 2.01. The van der Waals surface area contributed by atoms with Gasteiger partial charge in [0.25, 0.3) is 0 Å². The van der Waals surface area contributed by atoms with Crippen molar-refractivity contribution in [3.05, 3.63) is 48.6 Å². The van der Waals surface area contributed by atoms with Gasteiger partial charge in [-0.15, -0.1) is 0 Å². The van der Waals surface area contributed by atoms with Crippen LogP contribution in [0.4, 0.5) is 0 Å². The van der Waals surface area contributed by atoms with E-state index in [0.717, 1.165) is 38.5 Å². The van der Waals surface area contributed by atoms with Gasteiger partial charge in [0.1, 0.15) is 0 Å². The maximum absolute atomic E-state index is 11.8. The number of carbonyl (C=O) groups is 1. The first-order valence-corrected chi connectivity index (χ1v) is 15.1. The number of ether oxygens (including phenoxy) is 1. The molecule has 0 aromatic heterocycles. The predicted molar refractivity (Wildman–Crippen MR) is 156 cm³/mol. The number of hydrogen-bond acceptors (Lipinski definition) is 2. The lowest BCUT2D eigenvalue weighted by Crippen LogP contribution is -2.05. The molecule has 0 radical (unpaired) electrons. The summed E-state index contributed by atoms with van der Waals surface area (Å²) in [7, 11) is 0. The van der Waals surface area contributed by atoms with Crippen LogP contribution < -0.4 is 0 Å². The summed E-state index contributed by atoms with van der Waals surface area (Å²) >= 11 is 0. The van der Waals surface area contributed by atoms with E-state index in [1.807, 2.05) is 0 Å². The number of rotatable bonds is 26. The Labute approximate surface area is 219 Å². The van der Waals surface area contributed by atoms with E-state index in [2.05, 4.69) is 62.5 Å². The monoisotopic (exact) mass is 486 g/mol. The van der Waals surface area contributed by atoms with Gasteiger partial charge in [0.15, 0.2) is 0 Å². The minimum absolute atomic E-state index is 0.0343. The maximum Gasteiger partial charge on any atom is 0.305 e. The van der Waals surface area contributed by atoms with Gasteiger partial charge in [-0.3, -0.25) is 4.79 Å². The van der Waals surface area contributed by atoms with Crippen LogP contribution in [0.5, 0.6) is 0 Å². The summed E-state index contributed by atoms with van der Waals surface area (Å²) in [6, 6.07) is 0. The molecule has 0 heterocycles. The highest BCUT2D eigenvalue weighted by molar-refractivity contribution is 5.69. The van der Waals surface area contributed by atoms with Gasteiger partial charge >= 0.3 is 5.97 Å². The topological polar surface area (TPSA) is 26.3 Å². The fraction of sp³-hybridized carbons (Fsp3) is 0.727. The zero-order valence-corrected chi connectivity index (χ0v) is 23.5. The average molecular weight is 487 g/mol. The molecular weight excluding hydrogens is 428 g/mol. The SMILES string of the molecule is CCCCC/C=C\C/C=C\C/C=C\C/C=C\CCCC(=O)OCCCCCCCCCCCCC. The zero-order valence-electron chi connectivity index (χ0n) is 23.5. The molecule has 0 saturated heterocycles. The third-order valence-corrected chi connectivity index (χ3v) is 6.22. The summed E-state index contributed by atoms with van der Waals surface area (Å²) < 4.78 is 5.37. The van der Waals surface area contributed by atoms with Crippen molar-refractivity contribution < 1.29 is 9.53 Å². The molecular formula is C33H58O2. The highest BCUT2D eigenvalue weighted by atomic mass is 16.5. The first-order valence-electron chi connectivity index (χ1n) is 15.1. The molecule has 2 heteroatoms. The molecule has 35 heavy (non-hydrogen) atoms. The zero-order chi connectivity index (χ0) is 25.5. The molecule has 0 N–H and O–H groups in total. The van der Waals surface area contributed by atoms with Crippen molar-refractivity contribution in [2.45, 2.75) is 149 Å². The van der Waals surface area contributed by atoms with Crippen LogP contribution in [0.25, 0.3) is 0 Å². The first kappa shape index (κ1) is 33.4. The number of carbonyl (C=O) groups excluding carboxylic acids is 1. The van der Waals surface area contributed by atoms with E-state index in [0.29, 0.717) is 13.0 Å². The van der Waals surface area contributed by atoms with E-state index in [4.69, 9.17) is 4.74 Å². The highest BCUT2D eigenvalue weighted by Crippen LogP contribution is 2.11. The Kier molecular flexibility index (Phi) is 29.1. The standard InChI is InChI=1S/C33H58O2/c1-3-5-7-9-11-13-15-16-17-18-19-20-21-23-25-27-29-31-33(34)35-32-30-28-26-24-22-14-12-10-8-6-4-2/h11,13,16-17,19-20,23,25H,3-10,12,14-15,18,21-22,24,26-32H2,1-2H3/b13-11-,17-16-,20-19-,25-23-. The Morgan fingerprint density at radius 1 is 0.486 bits per heavy atom. The Bertz CT molecular complexity index is 541. The van der Waals surface area contributed by atoms with Crippen LogP contribution in [-0.2, 0) is 9.53 Å². The molecule has 0 saturated carbocycles. The average Bonchev–Trinajstić information content (AvgIpc) is 2.86. The molecule has 0 unspecified atom stereocenters. The fourth-order valence-electron chi connectivity index (χ4n) is 3.95. The number of hydrogen-bond donors (Lipinski definition) is 0. The van der Waals surface area contributed by atoms with Crippen LogP contribution in [0.15, 0.2) is 48.6 Å². The molecule has 0 fully saturated rings. The molecule has 0 aliphatic carbocycles. The number of allylic oxidation sites excluding steroid dienone is 8. The van der Waals surface area contributed by atoms with E-state index in [9.17, 15) is 4.79 Å². The Morgan fingerprint density at radius 3 is 1.40 bits per heavy atom. The molecule has 0 atom stereocenters. The van der Waals surface area contributed by atoms with Crippen LogP contribution in [0.1, 0.15) is 149 Å². The van der Waals surface area contributed by atoms with E-state index in [-0.39, 0.29) is 5.97 Å². The van der Waals surface area contributed by atoms with Gasteiger partial charge in [-0.2, -0.15) is 0 Å². The number of unbranched alkanes of at least 4 members (excludes halogenated alkanes) is 14.